The van der Waals surface area contributed by atoms with Crippen LogP contribution < -0.4 is 0 Å². The lowest BCUT2D eigenvalue weighted by atomic mass is 9.97. The summed E-state index contributed by atoms with van der Waals surface area (Å²) in [6.07, 6.45) is -1.07. The lowest BCUT2D eigenvalue weighted by Crippen LogP contribution is -2.35. The first-order chi connectivity index (χ1) is 8.02. The first-order valence-electron chi connectivity index (χ1n) is 6.38. The van der Waals surface area contributed by atoms with Crippen LogP contribution in [-0.4, -0.2) is 35.5 Å². The Kier molecular flexibility index (Phi) is 4.60. The third-order valence-corrected chi connectivity index (χ3v) is 2.91. The minimum Gasteiger partial charge on any atom is -0.367 e. The highest BCUT2D eigenvalue weighted by molar-refractivity contribution is 5.09. The maximum Gasteiger partial charge on any atom is 0.163 e. The van der Waals surface area contributed by atoms with Gasteiger partial charge in [0.1, 0.15) is 6.10 Å². The van der Waals surface area contributed by atoms with E-state index < -0.39 is 12.1 Å². The second kappa shape index (κ2) is 5.29. The molecule has 0 spiro atoms. The average Bonchev–Trinajstić information content (AvgIpc) is 2.54. The van der Waals surface area contributed by atoms with E-state index in [1.807, 2.05) is 41.5 Å². The van der Waals surface area contributed by atoms with Crippen LogP contribution >= 0.6 is 0 Å². The number of rotatable bonds is 4. The second-order valence-electron chi connectivity index (χ2n) is 6.30. The Balaban J connectivity index is 2.57. The third kappa shape index (κ3) is 4.35. The second-order valence-corrected chi connectivity index (χ2v) is 6.30. The van der Waals surface area contributed by atoms with E-state index in [-0.39, 0.29) is 17.6 Å². The van der Waals surface area contributed by atoms with E-state index in [1.54, 1.807) is 0 Å². The average molecular weight is 258 g/mol. The largest absolute Gasteiger partial charge is 0.367 e. The molecule has 1 heterocycles. The van der Waals surface area contributed by atoms with Crippen molar-refractivity contribution in [3.05, 3.63) is 12.2 Å². The van der Waals surface area contributed by atoms with Crippen molar-refractivity contribution in [2.45, 2.75) is 65.3 Å². The zero-order valence-corrected chi connectivity index (χ0v) is 12.3. The highest BCUT2D eigenvalue weighted by Gasteiger charge is 2.37. The fourth-order valence-corrected chi connectivity index (χ4v) is 1.81. The van der Waals surface area contributed by atoms with Gasteiger partial charge in [0.25, 0.3) is 0 Å². The Hall–Kier alpha value is -0.420. The fraction of sp³-hybridized carbons (Fsp3) is 0.857. The van der Waals surface area contributed by atoms with Crippen molar-refractivity contribution in [3.63, 3.8) is 0 Å². The number of aliphatic hydroxyl groups excluding tert-OH is 1. The molecule has 0 amide bonds. The summed E-state index contributed by atoms with van der Waals surface area (Å²) in [7, 11) is 0. The minimum atomic E-state index is -0.884. The smallest absolute Gasteiger partial charge is 0.163 e. The molecule has 1 aliphatic rings. The molecule has 1 rings (SSSR count). The van der Waals surface area contributed by atoms with Crippen molar-refractivity contribution < 1.29 is 19.3 Å². The Labute approximate surface area is 110 Å². The zero-order chi connectivity index (χ0) is 14.1. The Morgan fingerprint density at radius 2 is 2.00 bits per heavy atom. The van der Waals surface area contributed by atoms with E-state index in [2.05, 4.69) is 6.58 Å². The molecule has 0 aromatic rings. The van der Waals surface area contributed by atoms with Crippen LogP contribution in [0.2, 0.25) is 0 Å². The topological polar surface area (TPSA) is 47.9 Å². The van der Waals surface area contributed by atoms with Gasteiger partial charge in [0.2, 0.25) is 0 Å². The summed E-state index contributed by atoms with van der Waals surface area (Å²) in [6.45, 7) is 15.8. The van der Waals surface area contributed by atoms with Gasteiger partial charge in [0.05, 0.1) is 12.2 Å². The molecule has 0 aromatic carbocycles. The molecule has 3 atom stereocenters. The van der Waals surface area contributed by atoms with Gasteiger partial charge in [-0.1, -0.05) is 13.5 Å². The van der Waals surface area contributed by atoms with Crippen molar-refractivity contribution in [1.82, 2.24) is 0 Å². The van der Waals surface area contributed by atoms with Gasteiger partial charge in [-0.3, -0.25) is 0 Å². The van der Waals surface area contributed by atoms with Crippen molar-refractivity contribution in [3.8, 4) is 0 Å². The Bertz CT molecular complexity index is 303. The van der Waals surface area contributed by atoms with Crippen LogP contribution in [0.15, 0.2) is 12.2 Å². The molecule has 106 valence electrons. The van der Waals surface area contributed by atoms with Crippen LogP contribution in [0.1, 0.15) is 41.5 Å². The van der Waals surface area contributed by atoms with Gasteiger partial charge in [-0.2, -0.15) is 0 Å². The molecule has 1 saturated heterocycles. The highest BCUT2D eigenvalue weighted by Crippen LogP contribution is 2.31. The molecule has 0 saturated carbocycles. The number of hydrogen-bond acceptors (Lipinski definition) is 4. The first-order valence-corrected chi connectivity index (χ1v) is 6.38. The molecule has 18 heavy (non-hydrogen) atoms. The molecule has 0 aliphatic carbocycles. The van der Waals surface area contributed by atoms with Crippen molar-refractivity contribution in [1.29, 1.82) is 0 Å². The summed E-state index contributed by atoms with van der Waals surface area (Å²) in [6, 6.07) is 0. The van der Waals surface area contributed by atoms with Gasteiger partial charge in [-0.05, 0) is 40.2 Å². The number of hydrogen-bond donors (Lipinski definition) is 1. The van der Waals surface area contributed by atoms with Gasteiger partial charge in [-0.15, -0.1) is 0 Å². The maximum atomic E-state index is 10.0. The lowest BCUT2D eigenvalue weighted by molar-refractivity contribution is -0.186. The van der Waals surface area contributed by atoms with Gasteiger partial charge >= 0.3 is 0 Å². The quantitative estimate of drug-likeness (QED) is 0.621. The van der Waals surface area contributed by atoms with E-state index in [4.69, 9.17) is 14.2 Å². The Morgan fingerprint density at radius 3 is 2.39 bits per heavy atom. The summed E-state index contributed by atoms with van der Waals surface area (Å²) in [5.74, 6) is -0.782. The van der Waals surface area contributed by atoms with E-state index in [0.29, 0.717) is 6.61 Å². The van der Waals surface area contributed by atoms with E-state index in [0.717, 1.165) is 5.57 Å². The van der Waals surface area contributed by atoms with Gasteiger partial charge in [-0.25, -0.2) is 0 Å². The molecular formula is C14H26O4. The fourth-order valence-electron chi connectivity index (χ4n) is 1.81. The molecule has 1 aliphatic heterocycles. The third-order valence-electron chi connectivity index (χ3n) is 2.91. The van der Waals surface area contributed by atoms with Gasteiger partial charge < -0.3 is 19.3 Å². The molecule has 1 unspecified atom stereocenters. The summed E-state index contributed by atoms with van der Waals surface area (Å²) < 4.78 is 16.8. The highest BCUT2D eigenvalue weighted by atomic mass is 16.7. The summed E-state index contributed by atoms with van der Waals surface area (Å²) >= 11 is 0. The number of aliphatic hydroxyl groups is 1. The van der Waals surface area contributed by atoms with Crippen molar-refractivity contribution in [2.75, 3.05) is 6.61 Å². The van der Waals surface area contributed by atoms with Crippen molar-refractivity contribution >= 4 is 0 Å². The van der Waals surface area contributed by atoms with E-state index >= 15 is 0 Å². The normalized spacial score (nSPS) is 26.9. The minimum absolute atomic E-state index is 0.187. The molecule has 1 N–H and O–H groups in total. The lowest BCUT2D eigenvalue weighted by Gasteiger charge is -2.30. The van der Waals surface area contributed by atoms with Gasteiger partial charge in [0.15, 0.2) is 12.1 Å². The first kappa shape index (κ1) is 15.6. The summed E-state index contributed by atoms with van der Waals surface area (Å²) in [4.78, 5) is 0. The van der Waals surface area contributed by atoms with Crippen molar-refractivity contribution in [2.24, 2.45) is 5.92 Å². The molecule has 1 fully saturated rings. The SMILES string of the molecule is C=C([C@@H](C)C(O)OC(C)(C)C)[C@H]1COC(C)(C)O1. The van der Waals surface area contributed by atoms with Crippen LogP contribution in [0.4, 0.5) is 0 Å². The predicted molar refractivity (Wildman–Crippen MR) is 70.1 cm³/mol. The summed E-state index contributed by atoms with van der Waals surface area (Å²) in [5, 5.41) is 10.0. The molecular weight excluding hydrogens is 232 g/mol. The van der Waals surface area contributed by atoms with Crippen LogP contribution in [0.25, 0.3) is 0 Å². The maximum absolute atomic E-state index is 10.0. The molecule has 4 nitrogen and oxygen atoms in total. The van der Waals surface area contributed by atoms with Crippen LogP contribution in [-0.2, 0) is 14.2 Å². The van der Waals surface area contributed by atoms with Crippen LogP contribution in [0.5, 0.6) is 0 Å². The molecule has 4 heteroatoms. The summed E-state index contributed by atoms with van der Waals surface area (Å²) in [5.41, 5.74) is 0.414. The molecule has 0 radical (unpaired) electrons. The van der Waals surface area contributed by atoms with E-state index in [9.17, 15) is 5.11 Å². The van der Waals surface area contributed by atoms with Crippen LogP contribution in [0.3, 0.4) is 0 Å². The van der Waals surface area contributed by atoms with Gasteiger partial charge in [0, 0.05) is 5.92 Å². The number of ether oxygens (including phenoxy) is 3. The Morgan fingerprint density at radius 1 is 1.44 bits per heavy atom. The van der Waals surface area contributed by atoms with Crippen LogP contribution in [0, 0.1) is 5.92 Å². The standard InChI is InChI=1S/C14H26O4/c1-9(11-8-16-14(6,7)17-11)10(2)12(15)18-13(3,4)5/h10-12,15H,1,8H2,2-7H3/t10-,11-,12?/m1/s1. The van der Waals surface area contributed by atoms with E-state index in [1.165, 1.54) is 0 Å². The monoisotopic (exact) mass is 258 g/mol. The zero-order valence-electron chi connectivity index (χ0n) is 12.3. The molecule has 0 bridgehead atoms. The predicted octanol–water partition coefficient (Wildman–Crippen LogP) is 2.46. The molecule has 0 aromatic heterocycles.